The van der Waals surface area contributed by atoms with Gasteiger partial charge in [0.25, 0.3) is 0 Å². The topological polar surface area (TPSA) is 40.9 Å². The molecule has 1 N–H and O–H groups in total. The van der Waals surface area contributed by atoms with Gasteiger partial charge in [0.15, 0.2) is 6.29 Å². The molecule has 0 spiro atoms. The molecule has 0 amide bonds. The first-order valence-corrected chi connectivity index (χ1v) is 2.28. The third kappa shape index (κ3) is 3.34. The fraction of sp³-hybridized carbons (Fsp3) is 0. The van der Waals surface area contributed by atoms with Crippen LogP contribution in [0.1, 0.15) is 0 Å². The molecule has 0 aliphatic rings. The predicted octanol–water partition coefficient (Wildman–Crippen LogP) is 1.24. The van der Waals surface area contributed by atoms with E-state index < -0.39 is 0 Å². The minimum absolute atomic E-state index is 0.0708. The molecule has 0 aromatic carbocycles. The van der Waals surface area contributed by atoms with E-state index in [4.69, 9.17) is 5.41 Å². The fourth-order valence-corrected chi connectivity index (χ4v) is 0.261. The summed E-state index contributed by atoms with van der Waals surface area (Å²) in [6, 6.07) is 0. The molecule has 0 atom stereocenters. The van der Waals surface area contributed by atoms with Crippen LogP contribution in [0.4, 0.5) is 4.39 Å². The van der Waals surface area contributed by atoms with Gasteiger partial charge in [-0.15, -0.1) is 0 Å². The molecule has 0 unspecified atom stereocenters. The second-order valence-electron chi connectivity index (χ2n) is 1.25. The molecule has 0 aliphatic heterocycles. The van der Waals surface area contributed by atoms with Crippen molar-refractivity contribution in [2.75, 3.05) is 0 Å². The summed E-state index contributed by atoms with van der Waals surface area (Å²) in [4.78, 5) is 9.81. The molecule has 0 rings (SSSR count). The first-order valence-electron chi connectivity index (χ1n) is 2.28. The Hall–Kier alpha value is -1.25. The first kappa shape index (κ1) is 7.75. The summed E-state index contributed by atoms with van der Waals surface area (Å²) in [6.45, 7) is 0. The predicted molar refractivity (Wildman–Crippen MR) is 33.2 cm³/mol. The van der Waals surface area contributed by atoms with Crippen molar-refractivity contribution in [1.29, 1.82) is 5.41 Å². The van der Waals surface area contributed by atoms with Gasteiger partial charge < -0.3 is 5.41 Å². The number of aldehydes is 1. The van der Waals surface area contributed by atoms with Gasteiger partial charge in [0.1, 0.15) is 0 Å². The second-order valence-corrected chi connectivity index (χ2v) is 1.25. The van der Waals surface area contributed by atoms with Gasteiger partial charge >= 0.3 is 0 Å². The van der Waals surface area contributed by atoms with E-state index >= 15 is 0 Å². The number of hydrogen-bond donors (Lipinski definition) is 1. The molecule has 3 heteroatoms. The standard InChI is InChI=1S/C6H6FNO/c7-4-6(5-9)2-1-3-8/h1-5,8H/b2-1-,6-4-,8-3?. The Kier molecular flexibility index (Phi) is 4.22. The molecular weight excluding hydrogens is 121 g/mol. The Labute approximate surface area is 52.2 Å². The summed E-state index contributed by atoms with van der Waals surface area (Å²) < 4.78 is 11.5. The van der Waals surface area contributed by atoms with Crippen molar-refractivity contribution < 1.29 is 9.18 Å². The van der Waals surface area contributed by atoms with Gasteiger partial charge in [0.2, 0.25) is 0 Å². The fourth-order valence-electron chi connectivity index (χ4n) is 0.261. The molecule has 0 fully saturated rings. The highest BCUT2D eigenvalue weighted by Crippen LogP contribution is 1.90. The summed E-state index contributed by atoms with van der Waals surface area (Å²) >= 11 is 0. The van der Waals surface area contributed by atoms with Crippen molar-refractivity contribution in [1.82, 2.24) is 0 Å². The van der Waals surface area contributed by atoms with Crippen LogP contribution >= 0.6 is 0 Å². The van der Waals surface area contributed by atoms with Crippen molar-refractivity contribution in [2.45, 2.75) is 0 Å². The number of halogens is 1. The van der Waals surface area contributed by atoms with E-state index in [0.29, 0.717) is 6.29 Å². The molecule has 0 heterocycles. The van der Waals surface area contributed by atoms with Crippen molar-refractivity contribution in [3.05, 3.63) is 24.1 Å². The van der Waals surface area contributed by atoms with Gasteiger partial charge in [-0.3, -0.25) is 4.79 Å². The lowest BCUT2D eigenvalue weighted by Crippen LogP contribution is -1.75. The van der Waals surface area contributed by atoms with Crippen LogP contribution in [-0.2, 0) is 4.79 Å². The summed E-state index contributed by atoms with van der Waals surface area (Å²) in [5.74, 6) is 0. The molecule has 0 aromatic heterocycles. The van der Waals surface area contributed by atoms with Crippen LogP contribution in [-0.4, -0.2) is 12.5 Å². The normalized spacial score (nSPS) is 11.9. The zero-order valence-corrected chi connectivity index (χ0v) is 4.67. The lowest BCUT2D eigenvalue weighted by molar-refractivity contribution is -0.104. The molecule has 0 aromatic rings. The van der Waals surface area contributed by atoms with Crippen molar-refractivity contribution in [2.24, 2.45) is 0 Å². The van der Waals surface area contributed by atoms with Gasteiger partial charge in [-0.2, -0.15) is 0 Å². The molecule has 0 saturated heterocycles. The molecule has 2 nitrogen and oxygen atoms in total. The molecular formula is C6H6FNO. The maximum atomic E-state index is 11.5. The van der Waals surface area contributed by atoms with Crippen LogP contribution < -0.4 is 0 Å². The molecule has 0 saturated carbocycles. The number of nitrogens with one attached hydrogen (secondary N) is 1. The van der Waals surface area contributed by atoms with E-state index in [-0.39, 0.29) is 11.9 Å². The summed E-state index contributed by atoms with van der Waals surface area (Å²) in [7, 11) is 0. The number of hydrogen-bond acceptors (Lipinski definition) is 2. The SMILES string of the molecule is N=C/C=C\C(C=O)=C\F. The Bertz CT molecular complexity index is 160. The van der Waals surface area contributed by atoms with Crippen LogP contribution in [0.2, 0.25) is 0 Å². The lowest BCUT2D eigenvalue weighted by atomic mass is 10.3. The van der Waals surface area contributed by atoms with Crippen molar-refractivity contribution in [3.63, 3.8) is 0 Å². The van der Waals surface area contributed by atoms with Crippen LogP contribution in [0.15, 0.2) is 24.1 Å². The average molecular weight is 127 g/mol. The smallest absolute Gasteiger partial charge is 0.152 e. The van der Waals surface area contributed by atoms with E-state index in [1.807, 2.05) is 0 Å². The highest BCUT2D eigenvalue weighted by molar-refractivity contribution is 5.80. The summed E-state index contributed by atoms with van der Waals surface area (Å²) in [5.41, 5.74) is -0.0708. The average Bonchev–Trinajstić information content (AvgIpc) is 1.91. The van der Waals surface area contributed by atoms with Crippen LogP contribution in [0.5, 0.6) is 0 Å². The summed E-state index contributed by atoms with van der Waals surface area (Å²) in [5, 5.41) is 6.47. The zero-order chi connectivity index (χ0) is 7.11. The molecule has 0 aliphatic carbocycles. The highest BCUT2D eigenvalue weighted by Gasteiger charge is 1.83. The van der Waals surface area contributed by atoms with Crippen LogP contribution in [0, 0.1) is 5.41 Å². The third-order valence-corrected chi connectivity index (χ3v) is 0.647. The van der Waals surface area contributed by atoms with Gasteiger partial charge in [0.05, 0.1) is 6.33 Å². The Morgan fingerprint density at radius 1 is 1.56 bits per heavy atom. The Morgan fingerprint density at radius 3 is 2.56 bits per heavy atom. The van der Waals surface area contributed by atoms with E-state index in [1.54, 1.807) is 0 Å². The monoisotopic (exact) mass is 127 g/mol. The number of carbonyl (C=O) groups is 1. The Morgan fingerprint density at radius 2 is 2.22 bits per heavy atom. The van der Waals surface area contributed by atoms with E-state index in [9.17, 15) is 9.18 Å². The van der Waals surface area contributed by atoms with Crippen LogP contribution in [0.25, 0.3) is 0 Å². The summed E-state index contributed by atoms with van der Waals surface area (Å²) in [6.07, 6.45) is 4.00. The number of allylic oxidation sites excluding steroid dienone is 3. The van der Waals surface area contributed by atoms with E-state index in [0.717, 1.165) is 6.21 Å². The number of carbonyl (C=O) groups excluding carboxylic acids is 1. The van der Waals surface area contributed by atoms with Crippen molar-refractivity contribution in [3.8, 4) is 0 Å². The van der Waals surface area contributed by atoms with Gasteiger partial charge in [-0.1, -0.05) is 0 Å². The van der Waals surface area contributed by atoms with Crippen LogP contribution in [0.3, 0.4) is 0 Å². The van der Waals surface area contributed by atoms with Gasteiger partial charge in [-0.25, -0.2) is 4.39 Å². The molecule has 48 valence electrons. The Balaban J connectivity index is 3.99. The largest absolute Gasteiger partial charge is 0.309 e. The van der Waals surface area contributed by atoms with Crippen molar-refractivity contribution >= 4 is 12.5 Å². The first-order chi connectivity index (χ1) is 4.35. The third-order valence-electron chi connectivity index (χ3n) is 0.647. The number of rotatable bonds is 3. The maximum absolute atomic E-state index is 11.5. The van der Waals surface area contributed by atoms with Gasteiger partial charge in [-0.05, 0) is 12.2 Å². The maximum Gasteiger partial charge on any atom is 0.152 e. The minimum Gasteiger partial charge on any atom is -0.309 e. The lowest BCUT2D eigenvalue weighted by Gasteiger charge is -1.78. The minimum atomic E-state index is -0.0708. The van der Waals surface area contributed by atoms with Gasteiger partial charge in [0, 0.05) is 11.8 Å². The molecule has 0 radical (unpaired) electrons. The molecule has 9 heavy (non-hydrogen) atoms. The zero-order valence-electron chi connectivity index (χ0n) is 4.67. The quantitative estimate of drug-likeness (QED) is 0.263. The molecule has 0 bridgehead atoms. The van der Waals surface area contributed by atoms with E-state index in [2.05, 4.69) is 0 Å². The highest BCUT2D eigenvalue weighted by atomic mass is 19.1. The second kappa shape index (κ2) is 4.90. The van der Waals surface area contributed by atoms with E-state index in [1.165, 1.54) is 12.2 Å².